The van der Waals surface area contributed by atoms with Gasteiger partial charge in [0.15, 0.2) is 11.4 Å². The third kappa shape index (κ3) is 2.04. The van der Waals surface area contributed by atoms with Gasteiger partial charge in [-0.15, -0.1) is 6.58 Å². The molecule has 0 aromatic carbocycles. The highest BCUT2D eigenvalue weighted by molar-refractivity contribution is 9.11. The number of carbonyl (C=O) groups excluding carboxylic acids is 1. The van der Waals surface area contributed by atoms with Crippen molar-refractivity contribution in [2.45, 2.75) is 50.4 Å². The lowest BCUT2D eigenvalue weighted by atomic mass is 9.64. The molecule has 1 heterocycles. The van der Waals surface area contributed by atoms with Gasteiger partial charge in [-0.3, -0.25) is 4.79 Å². The zero-order valence-electron chi connectivity index (χ0n) is 11.8. The number of epoxide rings is 1. The molecule has 1 aliphatic heterocycles. The Bertz CT molecular complexity index is 459. The molecular formula is C16H21BrO3. The predicted octanol–water partition coefficient (Wildman–Crippen LogP) is 3.38. The van der Waals surface area contributed by atoms with Crippen molar-refractivity contribution in [3.05, 3.63) is 23.2 Å². The summed E-state index contributed by atoms with van der Waals surface area (Å²) >= 11 is 3.62. The zero-order valence-corrected chi connectivity index (χ0v) is 13.4. The van der Waals surface area contributed by atoms with Gasteiger partial charge in [0.25, 0.3) is 0 Å². The maximum absolute atomic E-state index is 12.7. The Hall–Kier alpha value is -0.450. The highest BCUT2D eigenvalue weighted by Gasteiger charge is 2.72. The maximum atomic E-state index is 12.7. The fraction of sp³-hybridized carbons (Fsp3) is 0.688. The molecule has 0 aromatic rings. The summed E-state index contributed by atoms with van der Waals surface area (Å²) in [5, 5.41) is 0. The lowest BCUT2D eigenvalue weighted by molar-refractivity contribution is -0.140. The summed E-state index contributed by atoms with van der Waals surface area (Å²) in [6.45, 7) is 6.63. The second-order valence-corrected chi connectivity index (χ2v) is 6.83. The molecule has 4 unspecified atom stereocenters. The van der Waals surface area contributed by atoms with Crippen molar-refractivity contribution in [1.82, 2.24) is 0 Å². The van der Waals surface area contributed by atoms with E-state index < -0.39 is 5.60 Å². The summed E-state index contributed by atoms with van der Waals surface area (Å²) in [6, 6.07) is 0. The molecule has 0 aromatic heterocycles. The molecular weight excluding hydrogens is 320 g/mol. The van der Waals surface area contributed by atoms with Gasteiger partial charge in [0.2, 0.25) is 0 Å². The third-order valence-corrected chi connectivity index (χ3v) is 5.53. The van der Waals surface area contributed by atoms with E-state index in [-0.39, 0.29) is 29.8 Å². The summed E-state index contributed by atoms with van der Waals surface area (Å²) < 4.78 is 12.9. The minimum Gasteiger partial charge on any atom is -0.377 e. The molecule has 0 radical (unpaired) electrons. The normalized spacial score (nSPS) is 41.9. The van der Waals surface area contributed by atoms with Crippen LogP contribution in [0.3, 0.4) is 0 Å². The van der Waals surface area contributed by atoms with Gasteiger partial charge in [0, 0.05) is 12.5 Å². The first-order valence-electron chi connectivity index (χ1n) is 7.47. The number of fused-ring (bicyclic) bond motifs is 1. The van der Waals surface area contributed by atoms with Crippen LogP contribution in [-0.2, 0) is 14.3 Å². The molecule has 5 atom stereocenters. The molecule has 4 aliphatic rings. The largest absolute Gasteiger partial charge is 0.377 e. The molecule has 1 spiro atoms. The van der Waals surface area contributed by atoms with E-state index in [0.29, 0.717) is 0 Å². The number of unbranched alkanes of at least 4 members (excludes halogenated alkanes) is 1. The Balaban J connectivity index is 1.75. The number of rotatable bonds is 6. The van der Waals surface area contributed by atoms with Crippen molar-refractivity contribution in [2.24, 2.45) is 11.8 Å². The van der Waals surface area contributed by atoms with Gasteiger partial charge in [0.1, 0.15) is 0 Å². The van der Waals surface area contributed by atoms with Gasteiger partial charge < -0.3 is 9.47 Å². The number of Topliss-reactive ketones (excluding diaryl/α,β-unsaturated/α-hetero) is 1. The SMILES string of the molecule is C=CC[C@H]1OC12C(=O)C1C=C(Br)C2CC1OCCCC. The number of hydrogen-bond acceptors (Lipinski definition) is 3. The van der Waals surface area contributed by atoms with Gasteiger partial charge in [-0.2, -0.15) is 0 Å². The van der Waals surface area contributed by atoms with Crippen LogP contribution in [0, 0.1) is 11.8 Å². The first kappa shape index (κ1) is 14.5. The third-order valence-electron chi connectivity index (χ3n) is 4.71. The average molecular weight is 341 g/mol. The summed E-state index contributed by atoms with van der Waals surface area (Å²) in [5.41, 5.74) is -0.586. The highest BCUT2D eigenvalue weighted by Crippen LogP contribution is 2.59. The highest BCUT2D eigenvalue weighted by atomic mass is 79.9. The van der Waals surface area contributed by atoms with Crippen molar-refractivity contribution < 1.29 is 14.3 Å². The Labute approximate surface area is 128 Å². The Morgan fingerprint density at radius 2 is 2.45 bits per heavy atom. The van der Waals surface area contributed by atoms with Crippen LogP contribution in [0.15, 0.2) is 23.2 Å². The number of halogens is 1. The zero-order chi connectivity index (χ0) is 14.3. The number of carbonyl (C=O) groups is 1. The minimum atomic E-state index is -0.586. The summed E-state index contributed by atoms with van der Waals surface area (Å²) in [7, 11) is 0. The molecule has 1 saturated heterocycles. The van der Waals surface area contributed by atoms with Crippen molar-refractivity contribution in [3.63, 3.8) is 0 Å². The molecule has 4 rings (SSSR count). The average Bonchev–Trinajstić information content (AvgIpc) is 3.12. The summed E-state index contributed by atoms with van der Waals surface area (Å²) in [5.74, 6) is 0.183. The summed E-state index contributed by atoms with van der Waals surface area (Å²) in [6.07, 6.45) is 7.70. The second kappa shape index (κ2) is 5.39. The Morgan fingerprint density at radius 3 is 3.15 bits per heavy atom. The quantitative estimate of drug-likeness (QED) is 0.422. The van der Waals surface area contributed by atoms with Crippen LogP contribution in [0.5, 0.6) is 0 Å². The van der Waals surface area contributed by atoms with Crippen LogP contribution in [0.4, 0.5) is 0 Å². The number of hydrogen-bond donors (Lipinski definition) is 0. The molecule has 20 heavy (non-hydrogen) atoms. The van der Waals surface area contributed by atoms with Gasteiger partial charge in [-0.1, -0.05) is 41.4 Å². The van der Waals surface area contributed by atoms with E-state index in [1.54, 1.807) is 0 Å². The van der Waals surface area contributed by atoms with Crippen LogP contribution in [-0.4, -0.2) is 30.2 Å². The maximum Gasteiger partial charge on any atom is 0.177 e. The number of ether oxygens (including phenoxy) is 2. The Morgan fingerprint density at radius 1 is 1.65 bits per heavy atom. The topological polar surface area (TPSA) is 38.8 Å². The Kier molecular flexibility index (Phi) is 3.91. The van der Waals surface area contributed by atoms with Gasteiger partial charge in [-0.25, -0.2) is 0 Å². The molecule has 0 N–H and O–H groups in total. The standard InChI is InChI=1S/C16H21BrO3/c1-3-5-7-19-13-9-11-12(17)8-10(13)15(18)16(11)14(20-16)6-4-2/h4,8,10-11,13-14H,2-3,5-7,9H2,1H3/t10?,11?,13?,14-,16?/m1/s1. The molecule has 0 amide bonds. The van der Waals surface area contributed by atoms with Gasteiger partial charge in [0.05, 0.1) is 18.1 Å². The van der Waals surface area contributed by atoms with Crippen LogP contribution >= 0.6 is 15.9 Å². The first-order chi connectivity index (χ1) is 9.65. The monoisotopic (exact) mass is 340 g/mol. The van der Waals surface area contributed by atoms with Crippen molar-refractivity contribution in [3.8, 4) is 0 Å². The molecule has 2 fully saturated rings. The molecule has 3 nitrogen and oxygen atoms in total. The van der Waals surface area contributed by atoms with Gasteiger partial charge in [-0.05, 0) is 23.7 Å². The van der Waals surface area contributed by atoms with E-state index in [0.717, 1.165) is 36.8 Å². The van der Waals surface area contributed by atoms with Crippen LogP contribution in [0.25, 0.3) is 0 Å². The van der Waals surface area contributed by atoms with Crippen molar-refractivity contribution in [1.29, 1.82) is 0 Å². The first-order valence-corrected chi connectivity index (χ1v) is 8.26. The number of ketones is 1. The minimum absolute atomic E-state index is 0.0119. The smallest absolute Gasteiger partial charge is 0.177 e. The second-order valence-electron chi connectivity index (χ2n) is 5.92. The van der Waals surface area contributed by atoms with E-state index in [9.17, 15) is 4.79 Å². The van der Waals surface area contributed by atoms with E-state index in [4.69, 9.17) is 9.47 Å². The lowest BCUT2D eigenvalue weighted by Gasteiger charge is -2.42. The molecule has 2 bridgehead atoms. The van der Waals surface area contributed by atoms with Crippen molar-refractivity contribution >= 4 is 21.7 Å². The van der Waals surface area contributed by atoms with E-state index >= 15 is 0 Å². The molecule has 1 saturated carbocycles. The molecule has 110 valence electrons. The van der Waals surface area contributed by atoms with Crippen LogP contribution in [0.1, 0.15) is 32.6 Å². The van der Waals surface area contributed by atoms with Crippen LogP contribution in [0.2, 0.25) is 0 Å². The van der Waals surface area contributed by atoms with E-state index in [2.05, 4.69) is 29.4 Å². The van der Waals surface area contributed by atoms with E-state index in [1.807, 2.05) is 12.2 Å². The fourth-order valence-electron chi connectivity index (χ4n) is 3.59. The fourth-order valence-corrected chi connectivity index (χ4v) is 4.40. The lowest BCUT2D eigenvalue weighted by Crippen LogP contribution is -2.54. The molecule has 3 aliphatic carbocycles. The van der Waals surface area contributed by atoms with Crippen molar-refractivity contribution in [2.75, 3.05) is 6.61 Å². The van der Waals surface area contributed by atoms with Crippen LogP contribution < -0.4 is 0 Å². The summed E-state index contributed by atoms with van der Waals surface area (Å²) in [4.78, 5) is 12.7. The molecule has 4 heteroatoms. The van der Waals surface area contributed by atoms with Gasteiger partial charge >= 0.3 is 0 Å². The predicted molar refractivity (Wildman–Crippen MR) is 80.7 cm³/mol. The van der Waals surface area contributed by atoms with E-state index in [1.165, 1.54) is 0 Å².